The zero-order chi connectivity index (χ0) is 19.7. The van der Waals surface area contributed by atoms with E-state index >= 15 is 0 Å². The molecule has 10 heteroatoms. The number of carbonyl (C=O) groups excluding carboxylic acids is 3. The molecular formula is C16H22BNO8. The van der Waals surface area contributed by atoms with Gasteiger partial charge in [-0.05, 0) is 31.5 Å². The van der Waals surface area contributed by atoms with Gasteiger partial charge >= 0.3 is 19.3 Å². The summed E-state index contributed by atoms with van der Waals surface area (Å²) in [6.45, 7) is 4.36. The van der Waals surface area contributed by atoms with E-state index in [-0.39, 0.29) is 25.4 Å². The van der Waals surface area contributed by atoms with Gasteiger partial charge in [0.1, 0.15) is 5.75 Å². The summed E-state index contributed by atoms with van der Waals surface area (Å²) in [6, 6.07) is 5.85. The molecule has 0 saturated carbocycles. The first kappa shape index (κ1) is 21.5. The molecule has 0 heterocycles. The van der Waals surface area contributed by atoms with E-state index in [4.69, 9.17) is 24.2 Å². The third kappa shape index (κ3) is 5.75. The number of hydrogen-bond acceptors (Lipinski definition) is 8. The van der Waals surface area contributed by atoms with Crippen LogP contribution in [0.5, 0.6) is 5.75 Å². The van der Waals surface area contributed by atoms with Gasteiger partial charge in [-0.3, -0.25) is 4.79 Å². The SMILES string of the molecule is CCOC(=O)C(Cc1ccc(OB(O)O)cc1)(NC(C)=O)C(=O)OCC. The van der Waals surface area contributed by atoms with Gasteiger partial charge in [-0.1, -0.05) is 12.1 Å². The Kier molecular flexibility index (Phi) is 8.07. The van der Waals surface area contributed by atoms with E-state index in [1.807, 2.05) is 0 Å². The number of ether oxygens (including phenoxy) is 2. The van der Waals surface area contributed by atoms with Crippen LogP contribution in [0.15, 0.2) is 24.3 Å². The lowest BCUT2D eigenvalue weighted by molar-refractivity contribution is -0.168. The second kappa shape index (κ2) is 9.78. The van der Waals surface area contributed by atoms with Crippen molar-refractivity contribution in [2.75, 3.05) is 13.2 Å². The van der Waals surface area contributed by atoms with Gasteiger partial charge in [-0.25, -0.2) is 9.59 Å². The van der Waals surface area contributed by atoms with E-state index in [9.17, 15) is 14.4 Å². The average molecular weight is 367 g/mol. The third-order valence-corrected chi connectivity index (χ3v) is 3.27. The first-order valence-electron chi connectivity index (χ1n) is 8.00. The predicted molar refractivity (Wildman–Crippen MR) is 90.8 cm³/mol. The second-order valence-electron chi connectivity index (χ2n) is 5.29. The maximum absolute atomic E-state index is 12.5. The van der Waals surface area contributed by atoms with Crippen LogP contribution in [0.25, 0.3) is 0 Å². The van der Waals surface area contributed by atoms with Gasteiger partial charge in [0.15, 0.2) is 0 Å². The smallest absolute Gasteiger partial charge is 0.512 e. The molecule has 142 valence electrons. The quantitative estimate of drug-likeness (QED) is 0.305. The van der Waals surface area contributed by atoms with Crippen molar-refractivity contribution in [1.82, 2.24) is 5.32 Å². The minimum absolute atomic E-state index is 0.0146. The van der Waals surface area contributed by atoms with Crippen LogP contribution >= 0.6 is 0 Å². The fourth-order valence-electron chi connectivity index (χ4n) is 2.30. The minimum atomic E-state index is -2.03. The Morgan fingerprint density at radius 2 is 1.54 bits per heavy atom. The molecular weight excluding hydrogens is 345 g/mol. The normalized spacial score (nSPS) is 10.7. The van der Waals surface area contributed by atoms with E-state index < -0.39 is 30.7 Å². The number of rotatable bonds is 9. The summed E-state index contributed by atoms with van der Waals surface area (Å²) in [4.78, 5) is 36.7. The zero-order valence-electron chi connectivity index (χ0n) is 14.9. The van der Waals surface area contributed by atoms with Crippen LogP contribution in [-0.4, -0.2) is 54.0 Å². The largest absolute Gasteiger partial charge is 0.707 e. The van der Waals surface area contributed by atoms with Gasteiger partial charge in [0, 0.05) is 13.3 Å². The molecule has 0 aromatic heterocycles. The molecule has 0 radical (unpaired) electrons. The Hall–Kier alpha value is -2.59. The highest BCUT2D eigenvalue weighted by atomic mass is 16.6. The van der Waals surface area contributed by atoms with E-state index in [2.05, 4.69) is 5.32 Å². The molecule has 0 saturated heterocycles. The molecule has 0 aliphatic heterocycles. The van der Waals surface area contributed by atoms with Crippen molar-refractivity contribution in [2.24, 2.45) is 0 Å². The molecule has 1 aromatic rings. The molecule has 0 aliphatic carbocycles. The standard InChI is InChI=1S/C16H22BNO8/c1-4-24-14(20)16(18-11(3)19,15(21)25-5-2)10-12-6-8-13(9-7-12)26-17(22)23/h6-9,22-23H,4-5,10H2,1-3H3,(H,18,19). The van der Waals surface area contributed by atoms with E-state index in [1.54, 1.807) is 13.8 Å². The summed E-state index contributed by atoms with van der Waals surface area (Å²) >= 11 is 0. The molecule has 1 rings (SSSR count). The molecule has 26 heavy (non-hydrogen) atoms. The van der Waals surface area contributed by atoms with Crippen molar-refractivity contribution in [2.45, 2.75) is 32.7 Å². The topological polar surface area (TPSA) is 131 Å². The lowest BCUT2D eigenvalue weighted by atomic mass is 9.90. The zero-order valence-corrected chi connectivity index (χ0v) is 14.9. The highest BCUT2D eigenvalue weighted by Crippen LogP contribution is 2.21. The van der Waals surface area contributed by atoms with Gasteiger partial charge in [0.2, 0.25) is 11.4 Å². The lowest BCUT2D eigenvalue weighted by Gasteiger charge is -2.29. The summed E-state index contributed by atoms with van der Waals surface area (Å²) in [5, 5.41) is 19.9. The fraction of sp³-hybridized carbons (Fsp3) is 0.438. The van der Waals surface area contributed by atoms with Crippen molar-refractivity contribution < 1.29 is 38.6 Å². The van der Waals surface area contributed by atoms with Crippen LogP contribution in [-0.2, 0) is 30.3 Å². The molecule has 0 aliphatic rings. The highest BCUT2D eigenvalue weighted by Gasteiger charge is 2.50. The molecule has 0 bridgehead atoms. The Balaban J connectivity index is 3.22. The van der Waals surface area contributed by atoms with Gasteiger partial charge < -0.3 is 29.5 Å². The Morgan fingerprint density at radius 3 is 1.92 bits per heavy atom. The van der Waals surface area contributed by atoms with Gasteiger partial charge in [0.25, 0.3) is 0 Å². The molecule has 0 atom stereocenters. The molecule has 0 spiro atoms. The average Bonchev–Trinajstić information content (AvgIpc) is 2.55. The van der Waals surface area contributed by atoms with Gasteiger partial charge in [-0.2, -0.15) is 0 Å². The molecule has 3 N–H and O–H groups in total. The summed E-state index contributed by atoms with van der Waals surface area (Å²) in [5.74, 6) is -2.30. The monoisotopic (exact) mass is 367 g/mol. The van der Waals surface area contributed by atoms with Gasteiger partial charge in [0.05, 0.1) is 13.2 Å². The molecule has 0 fully saturated rings. The molecule has 0 unspecified atom stereocenters. The highest BCUT2D eigenvalue weighted by molar-refractivity contribution is 6.33. The van der Waals surface area contributed by atoms with Gasteiger partial charge in [-0.15, -0.1) is 0 Å². The summed E-state index contributed by atoms with van der Waals surface area (Å²) < 4.78 is 14.7. The fourth-order valence-corrected chi connectivity index (χ4v) is 2.30. The van der Waals surface area contributed by atoms with Crippen LogP contribution < -0.4 is 9.97 Å². The van der Waals surface area contributed by atoms with Crippen LogP contribution in [0.4, 0.5) is 0 Å². The van der Waals surface area contributed by atoms with Crippen molar-refractivity contribution in [1.29, 1.82) is 0 Å². The van der Waals surface area contributed by atoms with Crippen molar-refractivity contribution in [3.63, 3.8) is 0 Å². The first-order valence-corrected chi connectivity index (χ1v) is 8.00. The molecule has 1 amide bonds. The summed E-state index contributed by atoms with van der Waals surface area (Å²) in [7, 11) is -1.97. The Bertz CT molecular complexity index is 614. The molecule has 1 aromatic carbocycles. The maximum Gasteiger partial charge on any atom is 0.707 e. The summed E-state index contributed by atoms with van der Waals surface area (Å²) in [5.41, 5.74) is -1.55. The number of nitrogens with one attached hydrogen (secondary N) is 1. The first-order chi connectivity index (χ1) is 12.2. The Labute approximate surface area is 151 Å². The van der Waals surface area contributed by atoms with Crippen LogP contribution in [0.3, 0.4) is 0 Å². The van der Waals surface area contributed by atoms with Crippen molar-refractivity contribution >= 4 is 25.2 Å². The third-order valence-electron chi connectivity index (χ3n) is 3.27. The number of benzene rings is 1. The van der Waals surface area contributed by atoms with E-state index in [1.165, 1.54) is 31.2 Å². The van der Waals surface area contributed by atoms with Crippen LogP contribution in [0.2, 0.25) is 0 Å². The summed E-state index contributed by atoms with van der Waals surface area (Å²) in [6.07, 6.45) is -0.216. The predicted octanol–water partition coefficient (Wildman–Crippen LogP) is -0.421. The minimum Gasteiger partial charge on any atom is -0.512 e. The van der Waals surface area contributed by atoms with E-state index in [0.29, 0.717) is 5.56 Å². The number of carbonyl (C=O) groups is 3. The number of amides is 1. The lowest BCUT2D eigenvalue weighted by Crippen LogP contribution is -2.62. The Morgan fingerprint density at radius 1 is 1.04 bits per heavy atom. The van der Waals surface area contributed by atoms with Crippen molar-refractivity contribution in [3.05, 3.63) is 29.8 Å². The van der Waals surface area contributed by atoms with Crippen LogP contribution in [0, 0.1) is 0 Å². The number of hydrogen-bond donors (Lipinski definition) is 3. The second-order valence-corrected chi connectivity index (χ2v) is 5.29. The maximum atomic E-state index is 12.5. The van der Waals surface area contributed by atoms with E-state index in [0.717, 1.165) is 0 Å². The molecule has 9 nitrogen and oxygen atoms in total. The van der Waals surface area contributed by atoms with Crippen LogP contribution in [0.1, 0.15) is 26.3 Å². The van der Waals surface area contributed by atoms with Crippen molar-refractivity contribution in [3.8, 4) is 5.75 Å². The number of esters is 2.